The Bertz CT molecular complexity index is 259. The van der Waals surface area contributed by atoms with E-state index in [4.69, 9.17) is 4.74 Å². The molecule has 0 aromatic rings. The molecule has 0 atom stereocenters. The van der Waals surface area contributed by atoms with Gasteiger partial charge in [-0.05, 0) is 39.0 Å². The first-order valence-corrected chi connectivity index (χ1v) is 7.03. The van der Waals surface area contributed by atoms with Crippen molar-refractivity contribution in [1.29, 1.82) is 0 Å². The zero-order chi connectivity index (χ0) is 14.0. The van der Waals surface area contributed by atoms with Gasteiger partial charge in [0.2, 0.25) is 0 Å². The number of rotatable bonds is 10. The van der Waals surface area contributed by atoms with Crippen molar-refractivity contribution in [2.45, 2.75) is 46.0 Å². The average molecular weight is 256 g/mol. The Morgan fingerprint density at radius 1 is 1.11 bits per heavy atom. The van der Waals surface area contributed by atoms with Crippen molar-refractivity contribution in [3.05, 3.63) is 12.2 Å². The average Bonchev–Trinajstić information content (AvgIpc) is 2.27. The van der Waals surface area contributed by atoms with E-state index in [0.29, 0.717) is 12.2 Å². The van der Waals surface area contributed by atoms with Crippen LogP contribution in [0.15, 0.2) is 12.2 Å². The Labute approximate surface area is 112 Å². The molecule has 0 bridgehead atoms. The fourth-order valence-electron chi connectivity index (χ4n) is 2.00. The van der Waals surface area contributed by atoms with Crippen LogP contribution in [-0.4, -0.2) is 44.2 Å². The molecule has 0 spiro atoms. The van der Waals surface area contributed by atoms with Gasteiger partial charge in [0.1, 0.15) is 0 Å². The third-order valence-electron chi connectivity index (χ3n) is 3.07. The van der Waals surface area contributed by atoms with Gasteiger partial charge in [0.25, 0.3) is 0 Å². The Balaban J connectivity index is 3.41. The standard InChI is InChI=1S/C15H30NO2/c1-6-11-16(4,5)12-9-7-8-10-13-18-15(17)14(2)3/h2,6-13H2,1,3-5H3/q+1. The van der Waals surface area contributed by atoms with Crippen LogP contribution >= 0.6 is 0 Å². The van der Waals surface area contributed by atoms with Gasteiger partial charge in [-0.25, -0.2) is 4.79 Å². The molecule has 0 N–H and O–H groups in total. The number of nitrogens with zero attached hydrogens (tertiary/aromatic N) is 1. The molecule has 0 saturated heterocycles. The second-order valence-corrected chi connectivity index (χ2v) is 5.71. The van der Waals surface area contributed by atoms with Crippen LogP contribution in [0.1, 0.15) is 46.0 Å². The molecular formula is C15H30NO2+. The van der Waals surface area contributed by atoms with E-state index in [2.05, 4.69) is 27.6 Å². The smallest absolute Gasteiger partial charge is 0.333 e. The fraction of sp³-hybridized carbons (Fsp3) is 0.800. The third-order valence-corrected chi connectivity index (χ3v) is 3.07. The van der Waals surface area contributed by atoms with Gasteiger partial charge in [0, 0.05) is 5.57 Å². The number of ether oxygens (including phenoxy) is 1. The first kappa shape index (κ1) is 17.2. The van der Waals surface area contributed by atoms with Crippen LogP contribution in [-0.2, 0) is 9.53 Å². The Morgan fingerprint density at radius 2 is 1.72 bits per heavy atom. The van der Waals surface area contributed by atoms with Gasteiger partial charge in [-0.3, -0.25) is 0 Å². The van der Waals surface area contributed by atoms with Crippen LogP contribution in [0.25, 0.3) is 0 Å². The molecule has 0 heterocycles. The van der Waals surface area contributed by atoms with Crippen LogP contribution in [0.2, 0.25) is 0 Å². The molecule has 0 amide bonds. The lowest BCUT2D eigenvalue weighted by Crippen LogP contribution is -2.40. The minimum Gasteiger partial charge on any atom is -0.462 e. The minimum absolute atomic E-state index is 0.268. The van der Waals surface area contributed by atoms with Gasteiger partial charge in [-0.2, -0.15) is 0 Å². The van der Waals surface area contributed by atoms with E-state index in [1.54, 1.807) is 6.92 Å². The van der Waals surface area contributed by atoms with Crippen molar-refractivity contribution in [2.75, 3.05) is 33.8 Å². The summed E-state index contributed by atoms with van der Waals surface area (Å²) in [5.74, 6) is -0.268. The Kier molecular flexibility index (Phi) is 8.73. The highest BCUT2D eigenvalue weighted by Gasteiger charge is 2.12. The number of quaternary nitrogens is 1. The second-order valence-electron chi connectivity index (χ2n) is 5.71. The van der Waals surface area contributed by atoms with E-state index in [0.717, 1.165) is 17.3 Å². The van der Waals surface area contributed by atoms with Crippen LogP contribution in [0.5, 0.6) is 0 Å². The molecule has 3 heteroatoms. The largest absolute Gasteiger partial charge is 0.462 e. The molecular weight excluding hydrogens is 226 g/mol. The summed E-state index contributed by atoms with van der Waals surface area (Å²) in [6, 6.07) is 0. The molecule has 0 aliphatic carbocycles. The van der Waals surface area contributed by atoms with Gasteiger partial charge in [0.05, 0.1) is 33.8 Å². The van der Waals surface area contributed by atoms with Crippen LogP contribution in [0, 0.1) is 0 Å². The Morgan fingerprint density at radius 3 is 2.28 bits per heavy atom. The molecule has 0 saturated carbocycles. The first-order chi connectivity index (χ1) is 8.39. The SMILES string of the molecule is C=C(C)C(=O)OCCCCCC[N+](C)(C)CCC. The maximum atomic E-state index is 11.1. The number of esters is 1. The molecule has 0 unspecified atom stereocenters. The summed E-state index contributed by atoms with van der Waals surface area (Å²) < 4.78 is 6.16. The number of hydrogen-bond acceptors (Lipinski definition) is 2. The van der Waals surface area contributed by atoms with Crippen LogP contribution < -0.4 is 0 Å². The van der Waals surface area contributed by atoms with Crippen LogP contribution in [0.3, 0.4) is 0 Å². The minimum atomic E-state index is -0.268. The lowest BCUT2D eigenvalue weighted by atomic mass is 10.2. The lowest BCUT2D eigenvalue weighted by Gasteiger charge is -2.29. The summed E-state index contributed by atoms with van der Waals surface area (Å²) in [7, 11) is 4.58. The van der Waals surface area contributed by atoms with Crippen molar-refractivity contribution in [3.63, 3.8) is 0 Å². The lowest BCUT2D eigenvalue weighted by molar-refractivity contribution is -0.890. The number of carbonyl (C=O) groups excluding carboxylic acids is 1. The quantitative estimate of drug-likeness (QED) is 0.260. The van der Waals surface area contributed by atoms with Crippen LogP contribution in [0.4, 0.5) is 0 Å². The highest BCUT2D eigenvalue weighted by Crippen LogP contribution is 2.07. The van der Waals surface area contributed by atoms with Gasteiger partial charge in [0.15, 0.2) is 0 Å². The van der Waals surface area contributed by atoms with Gasteiger partial charge >= 0.3 is 5.97 Å². The molecule has 106 valence electrons. The van der Waals surface area contributed by atoms with E-state index >= 15 is 0 Å². The highest BCUT2D eigenvalue weighted by atomic mass is 16.5. The summed E-state index contributed by atoms with van der Waals surface area (Å²) in [5.41, 5.74) is 0.480. The molecule has 18 heavy (non-hydrogen) atoms. The zero-order valence-corrected chi connectivity index (χ0v) is 12.6. The fourth-order valence-corrected chi connectivity index (χ4v) is 2.00. The topological polar surface area (TPSA) is 26.3 Å². The van der Waals surface area contributed by atoms with E-state index in [1.165, 1.54) is 32.4 Å². The van der Waals surface area contributed by atoms with E-state index < -0.39 is 0 Å². The van der Waals surface area contributed by atoms with Gasteiger partial charge in [-0.1, -0.05) is 13.5 Å². The highest BCUT2D eigenvalue weighted by molar-refractivity contribution is 5.86. The van der Waals surface area contributed by atoms with E-state index in [9.17, 15) is 4.79 Å². The van der Waals surface area contributed by atoms with Gasteiger partial charge < -0.3 is 9.22 Å². The van der Waals surface area contributed by atoms with Gasteiger partial charge in [-0.15, -0.1) is 0 Å². The number of carbonyl (C=O) groups is 1. The maximum Gasteiger partial charge on any atom is 0.333 e. The molecule has 0 radical (unpaired) electrons. The molecule has 0 aromatic carbocycles. The van der Waals surface area contributed by atoms with Crippen molar-refractivity contribution in [3.8, 4) is 0 Å². The molecule has 0 fully saturated rings. The molecule has 3 nitrogen and oxygen atoms in total. The summed E-state index contributed by atoms with van der Waals surface area (Å²) >= 11 is 0. The third kappa shape index (κ3) is 9.23. The molecule has 0 aliphatic rings. The summed E-state index contributed by atoms with van der Waals surface area (Å²) in [6.45, 7) is 10.5. The summed E-state index contributed by atoms with van der Waals surface area (Å²) in [5, 5.41) is 0. The predicted octanol–water partition coefficient (Wildman–Crippen LogP) is 3.15. The molecule has 0 aromatic heterocycles. The predicted molar refractivity (Wildman–Crippen MR) is 76.4 cm³/mol. The van der Waals surface area contributed by atoms with Crippen molar-refractivity contribution in [2.24, 2.45) is 0 Å². The number of unbranched alkanes of at least 4 members (excludes halogenated alkanes) is 3. The molecule has 0 rings (SSSR count). The van der Waals surface area contributed by atoms with Crippen molar-refractivity contribution in [1.82, 2.24) is 0 Å². The zero-order valence-electron chi connectivity index (χ0n) is 12.6. The Hall–Kier alpha value is -0.830. The summed E-state index contributed by atoms with van der Waals surface area (Å²) in [4.78, 5) is 11.1. The molecule has 0 aliphatic heterocycles. The van der Waals surface area contributed by atoms with Crippen molar-refractivity contribution >= 4 is 5.97 Å². The second kappa shape index (κ2) is 9.15. The van der Waals surface area contributed by atoms with E-state index in [-0.39, 0.29) is 5.97 Å². The normalized spacial score (nSPS) is 11.3. The van der Waals surface area contributed by atoms with Crippen molar-refractivity contribution < 1.29 is 14.0 Å². The monoisotopic (exact) mass is 256 g/mol. The van der Waals surface area contributed by atoms with E-state index in [1.807, 2.05) is 0 Å². The number of hydrogen-bond donors (Lipinski definition) is 0. The maximum absolute atomic E-state index is 11.1. The first-order valence-electron chi connectivity index (χ1n) is 7.03. The summed E-state index contributed by atoms with van der Waals surface area (Å²) in [6.07, 6.45) is 5.80.